The van der Waals surface area contributed by atoms with Crippen molar-refractivity contribution in [3.05, 3.63) is 94.8 Å². The topological polar surface area (TPSA) is 56.3 Å². The fourth-order valence-corrected chi connectivity index (χ4v) is 2.86. The quantitative estimate of drug-likeness (QED) is 0.361. The molecule has 3 rings (SSSR count). The molecule has 28 heavy (non-hydrogen) atoms. The van der Waals surface area contributed by atoms with Gasteiger partial charge in [0, 0.05) is 6.20 Å². The minimum atomic E-state index is -0.501. The van der Waals surface area contributed by atoms with Crippen molar-refractivity contribution < 1.29 is 14.3 Å². The second kappa shape index (κ2) is 7.77. The van der Waals surface area contributed by atoms with E-state index in [9.17, 15) is 9.59 Å². The molecule has 0 bridgehead atoms. The molecular weight excluding hydrogens is 350 g/mol. The molecular formula is C24H23NO3. The number of carbonyl (C=O) groups excluding carboxylic acids is 2. The van der Waals surface area contributed by atoms with Crippen molar-refractivity contribution in [2.45, 2.75) is 33.1 Å². The van der Waals surface area contributed by atoms with Crippen LogP contribution in [0.15, 0.2) is 66.9 Å². The molecule has 0 saturated heterocycles. The first-order chi connectivity index (χ1) is 13.3. The number of nitrogens with zero attached hydrogens (tertiary/aromatic N) is 1. The number of pyridine rings is 1. The number of ketones is 1. The SMILES string of the molecule is Cc1cccnc1C(=O)c1ccccc1OC(=O)c1ccc(C(C)(C)C)cc1. The van der Waals surface area contributed by atoms with Crippen molar-refractivity contribution >= 4 is 11.8 Å². The molecule has 0 aliphatic heterocycles. The van der Waals surface area contributed by atoms with Crippen molar-refractivity contribution in [2.24, 2.45) is 0 Å². The van der Waals surface area contributed by atoms with Crippen LogP contribution in [0.2, 0.25) is 0 Å². The van der Waals surface area contributed by atoms with E-state index >= 15 is 0 Å². The Balaban J connectivity index is 1.87. The summed E-state index contributed by atoms with van der Waals surface area (Å²) in [5.41, 5.74) is 2.99. The van der Waals surface area contributed by atoms with Gasteiger partial charge in [-0.05, 0) is 53.8 Å². The van der Waals surface area contributed by atoms with Crippen LogP contribution in [-0.2, 0) is 5.41 Å². The third-order valence-corrected chi connectivity index (χ3v) is 4.55. The maximum absolute atomic E-state index is 12.9. The van der Waals surface area contributed by atoms with Crippen LogP contribution in [0.4, 0.5) is 0 Å². The zero-order valence-corrected chi connectivity index (χ0v) is 16.5. The molecule has 0 unspecified atom stereocenters. The van der Waals surface area contributed by atoms with E-state index in [0.717, 1.165) is 11.1 Å². The Labute approximate surface area is 165 Å². The highest BCUT2D eigenvalue weighted by Gasteiger charge is 2.20. The van der Waals surface area contributed by atoms with Gasteiger partial charge < -0.3 is 4.74 Å². The van der Waals surface area contributed by atoms with Gasteiger partial charge in [0.25, 0.3) is 0 Å². The van der Waals surface area contributed by atoms with Crippen LogP contribution in [0.25, 0.3) is 0 Å². The number of carbonyl (C=O) groups is 2. The number of para-hydroxylation sites is 1. The summed E-state index contributed by atoms with van der Waals surface area (Å²) in [6, 6.07) is 17.7. The first-order valence-electron chi connectivity index (χ1n) is 9.15. The van der Waals surface area contributed by atoms with E-state index in [4.69, 9.17) is 4.74 Å². The summed E-state index contributed by atoms with van der Waals surface area (Å²) in [5, 5.41) is 0. The molecule has 4 nitrogen and oxygen atoms in total. The highest BCUT2D eigenvalue weighted by atomic mass is 16.5. The van der Waals surface area contributed by atoms with Gasteiger partial charge in [-0.2, -0.15) is 0 Å². The molecule has 2 aromatic carbocycles. The van der Waals surface area contributed by atoms with E-state index in [0.29, 0.717) is 16.8 Å². The van der Waals surface area contributed by atoms with E-state index in [1.165, 1.54) is 0 Å². The predicted octanol–water partition coefficient (Wildman–Crippen LogP) is 5.14. The van der Waals surface area contributed by atoms with Gasteiger partial charge in [0.1, 0.15) is 11.4 Å². The normalized spacial score (nSPS) is 11.1. The van der Waals surface area contributed by atoms with Crippen molar-refractivity contribution in [3.8, 4) is 5.75 Å². The van der Waals surface area contributed by atoms with E-state index in [1.54, 1.807) is 48.7 Å². The van der Waals surface area contributed by atoms with Gasteiger partial charge >= 0.3 is 5.97 Å². The summed E-state index contributed by atoms with van der Waals surface area (Å²) < 4.78 is 5.55. The Morgan fingerprint density at radius 1 is 0.893 bits per heavy atom. The lowest BCUT2D eigenvalue weighted by Crippen LogP contribution is -2.14. The van der Waals surface area contributed by atoms with Crippen molar-refractivity contribution in [3.63, 3.8) is 0 Å². The molecule has 0 atom stereocenters. The summed E-state index contributed by atoms with van der Waals surface area (Å²) in [6.45, 7) is 8.16. The van der Waals surface area contributed by atoms with Crippen LogP contribution >= 0.6 is 0 Å². The molecule has 3 aromatic rings. The van der Waals surface area contributed by atoms with Crippen LogP contribution in [0.3, 0.4) is 0 Å². The van der Waals surface area contributed by atoms with Gasteiger partial charge in [-0.15, -0.1) is 0 Å². The standard InChI is InChI=1S/C24H23NO3/c1-16-8-7-15-25-21(16)22(26)19-9-5-6-10-20(19)28-23(27)17-11-13-18(14-12-17)24(2,3)4/h5-15H,1-4H3. The number of benzene rings is 2. The lowest BCUT2D eigenvalue weighted by molar-refractivity contribution is 0.0733. The minimum absolute atomic E-state index is 0.00198. The number of aryl methyl sites for hydroxylation is 1. The van der Waals surface area contributed by atoms with Gasteiger partial charge in [-0.1, -0.05) is 51.1 Å². The fourth-order valence-electron chi connectivity index (χ4n) is 2.86. The van der Waals surface area contributed by atoms with E-state index in [-0.39, 0.29) is 16.9 Å². The number of hydrogen-bond donors (Lipinski definition) is 0. The van der Waals surface area contributed by atoms with Crippen molar-refractivity contribution in [2.75, 3.05) is 0 Å². The first kappa shape index (κ1) is 19.5. The van der Waals surface area contributed by atoms with E-state index < -0.39 is 5.97 Å². The zero-order valence-electron chi connectivity index (χ0n) is 16.5. The van der Waals surface area contributed by atoms with Gasteiger partial charge in [-0.25, -0.2) is 4.79 Å². The fraction of sp³-hybridized carbons (Fsp3) is 0.208. The molecule has 1 aromatic heterocycles. The Kier molecular flexibility index (Phi) is 5.41. The average Bonchev–Trinajstić information content (AvgIpc) is 2.68. The van der Waals surface area contributed by atoms with Crippen LogP contribution in [0.1, 0.15) is 58.3 Å². The second-order valence-corrected chi connectivity index (χ2v) is 7.71. The molecule has 0 N–H and O–H groups in total. The zero-order chi connectivity index (χ0) is 20.3. The molecule has 142 valence electrons. The number of esters is 1. The average molecular weight is 373 g/mol. The molecule has 0 aliphatic carbocycles. The smallest absolute Gasteiger partial charge is 0.343 e. The molecule has 1 heterocycles. The molecule has 0 aliphatic rings. The molecule has 4 heteroatoms. The summed E-state index contributed by atoms with van der Waals surface area (Å²) >= 11 is 0. The Morgan fingerprint density at radius 3 is 2.21 bits per heavy atom. The van der Waals surface area contributed by atoms with Gasteiger partial charge in [-0.3, -0.25) is 9.78 Å². The second-order valence-electron chi connectivity index (χ2n) is 7.71. The number of aromatic nitrogens is 1. The Hall–Kier alpha value is -3.27. The maximum Gasteiger partial charge on any atom is 0.343 e. The van der Waals surface area contributed by atoms with Crippen LogP contribution in [0.5, 0.6) is 5.75 Å². The molecule has 0 saturated carbocycles. The number of hydrogen-bond acceptors (Lipinski definition) is 4. The van der Waals surface area contributed by atoms with Gasteiger partial charge in [0.15, 0.2) is 0 Å². The summed E-state index contributed by atoms with van der Waals surface area (Å²) in [6.07, 6.45) is 1.58. The maximum atomic E-state index is 12.9. The molecule has 0 amide bonds. The van der Waals surface area contributed by atoms with Crippen LogP contribution in [-0.4, -0.2) is 16.7 Å². The van der Waals surface area contributed by atoms with Gasteiger partial charge in [0.2, 0.25) is 5.78 Å². The predicted molar refractivity (Wildman–Crippen MR) is 109 cm³/mol. The Morgan fingerprint density at radius 2 is 1.57 bits per heavy atom. The summed E-state index contributed by atoms with van der Waals surface area (Å²) in [4.78, 5) is 29.7. The van der Waals surface area contributed by atoms with Crippen LogP contribution in [0, 0.1) is 6.92 Å². The Bertz CT molecular complexity index is 1010. The molecule has 0 spiro atoms. The summed E-state index contributed by atoms with van der Waals surface area (Å²) in [5.74, 6) is -0.550. The lowest BCUT2D eigenvalue weighted by Gasteiger charge is -2.19. The highest BCUT2D eigenvalue weighted by Crippen LogP contribution is 2.25. The molecule has 0 fully saturated rings. The lowest BCUT2D eigenvalue weighted by atomic mass is 9.87. The van der Waals surface area contributed by atoms with E-state index in [1.807, 2.05) is 25.1 Å². The molecule has 0 radical (unpaired) electrons. The van der Waals surface area contributed by atoms with Gasteiger partial charge in [0.05, 0.1) is 11.1 Å². The monoisotopic (exact) mass is 373 g/mol. The highest BCUT2D eigenvalue weighted by molar-refractivity contribution is 6.10. The van der Waals surface area contributed by atoms with Crippen LogP contribution < -0.4 is 4.74 Å². The van der Waals surface area contributed by atoms with Crippen molar-refractivity contribution in [1.29, 1.82) is 0 Å². The number of ether oxygens (including phenoxy) is 1. The largest absolute Gasteiger partial charge is 0.422 e. The van der Waals surface area contributed by atoms with E-state index in [2.05, 4.69) is 25.8 Å². The first-order valence-corrected chi connectivity index (χ1v) is 9.15. The number of rotatable bonds is 4. The summed E-state index contributed by atoms with van der Waals surface area (Å²) in [7, 11) is 0. The minimum Gasteiger partial charge on any atom is -0.422 e. The van der Waals surface area contributed by atoms with Crippen molar-refractivity contribution in [1.82, 2.24) is 4.98 Å². The third-order valence-electron chi connectivity index (χ3n) is 4.55. The third kappa shape index (κ3) is 4.17.